The highest BCUT2D eigenvalue weighted by Gasteiger charge is 2.17. The van der Waals surface area contributed by atoms with Crippen LogP contribution in [0, 0.1) is 0 Å². The van der Waals surface area contributed by atoms with Gasteiger partial charge in [-0.25, -0.2) is 4.98 Å². The number of carbonyl (C=O) groups is 1. The number of benzene rings is 2. The van der Waals surface area contributed by atoms with Crippen LogP contribution in [0.5, 0.6) is 5.75 Å². The summed E-state index contributed by atoms with van der Waals surface area (Å²) in [6.07, 6.45) is 0. The van der Waals surface area contributed by atoms with E-state index in [1.807, 2.05) is 50.5 Å². The number of aromatic nitrogens is 1. The third-order valence-corrected chi connectivity index (χ3v) is 6.31. The first kappa shape index (κ1) is 30.9. The Morgan fingerprint density at radius 3 is 2.26 bits per heavy atom. The molecule has 1 heterocycles. The van der Waals surface area contributed by atoms with Gasteiger partial charge in [-0.1, -0.05) is 23.5 Å². The van der Waals surface area contributed by atoms with E-state index in [1.165, 1.54) is 11.3 Å². The van der Waals surface area contributed by atoms with Crippen molar-refractivity contribution in [3.63, 3.8) is 0 Å². The molecule has 0 radical (unpaired) electrons. The number of nitrogens with one attached hydrogen (secondary N) is 1. The lowest BCUT2D eigenvalue weighted by Crippen LogP contribution is -2.22. The molecule has 3 rings (SSSR count). The summed E-state index contributed by atoms with van der Waals surface area (Å²) in [6, 6.07) is 11.5. The van der Waals surface area contributed by atoms with Crippen molar-refractivity contribution in [1.29, 1.82) is 0 Å². The smallest absolute Gasteiger partial charge is 0.257 e. The van der Waals surface area contributed by atoms with E-state index in [-0.39, 0.29) is 30.7 Å². The molecule has 0 saturated heterocycles. The molecule has 1 amide bonds. The van der Waals surface area contributed by atoms with Crippen molar-refractivity contribution >= 4 is 63.1 Å². The maximum absolute atomic E-state index is 12.9. The van der Waals surface area contributed by atoms with Crippen LogP contribution < -0.4 is 15.0 Å². The molecule has 194 valence electrons. The third-order valence-electron chi connectivity index (χ3n) is 5.31. The van der Waals surface area contributed by atoms with Gasteiger partial charge in [0.15, 0.2) is 5.13 Å². The first-order chi connectivity index (χ1) is 16.0. The van der Waals surface area contributed by atoms with Crippen LogP contribution in [0.3, 0.4) is 0 Å². The number of anilines is 2. The number of halogens is 2. The fourth-order valence-electron chi connectivity index (χ4n) is 3.41. The lowest BCUT2D eigenvalue weighted by atomic mass is 10.1. The van der Waals surface area contributed by atoms with Gasteiger partial charge in [0.1, 0.15) is 11.3 Å². The van der Waals surface area contributed by atoms with E-state index in [2.05, 4.69) is 20.1 Å². The monoisotopic (exact) mass is 544 g/mol. The van der Waals surface area contributed by atoms with Gasteiger partial charge in [0.25, 0.3) is 5.91 Å². The number of hydrogen-bond acceptors (Lipinski definition) is 8. The Balaban J connectivity index is 0.00000306. The van der Waals surface area contributed by atoms with Gasteiger partial charge in [-0.3, -0.25) is 15.0 Å². The molecule has 35 heavy (non-hydrogen) atoms. The summed E-state index contributed by atoms with van der Waals surface area (Å²) in [5, 5.41) is 3.47. The van der Waals surface area contributed by atoms with Crippen LogP contribution in [-0.4, -0.2) is 77.5 Å². The van der Waals surface area contributed by atoms with Crippen LogP contribution >= 0.6 is 36.2 Å². The fraction of sp³-hybridized carbons (Fsp3) is 0.417. The van der Waals surface area contributed by atoms with Gasteiger partial charge >= 0.3 is 0 Å². The molecule has 0 atom stereocenters. The van der Waals surface area contributed by atoms with Gasteiger partial charge in [-0.2, -0.15) is 0 Å². The standard InChI is InChI=1S/C24H32N4O4S.2ClH/c1-27(12-14-30-3)16-17-6-8-18(9-7-17)23(29)26-24-25-21-20(32-5)11-10-19(22(21)33-24)28(2)13-15-31-4;;/h6-11H,12-16H2,1-5H3,(H,25,26,29);2*1H. The summed E-state index contributed by atoms with van der Waals surface area (Å²) in [6.45, 7) is 3.69. The molecule has 0 bridgehead atoms. The number of nitrogens with zero attached hydrogens (tertiary/aromatic N) is 3. The topological polar surface area (TPSA) is 76.2 Å². The molecule has 0 aliphatic carbocycles. The lowest BCUT2D eigenvalue weighted by Gasteiger charge is -2.19. The van der Waals surface area contributed by atoms with E-state index in [9.17, 15) is 4.79 Å². The number of carbonyl (C=O) groups excluding carboxylic acids is 1. The van der Waals surface area contributed by atoms with Gasteiger partial charge in [0.2, 0.25) is 0 Å². The quantitative estimate of drug-likeness (QED) is 0.358. The first-order valence-electron chi connectivity index (χ1n) is 10.7. The maximum Gasteiger partial charge on any atom is 0.257 e. The van der Waals surface area contributed by atoms with Crippen molar-refractivity contribution in [1.82, 2.24) is 9.88 Å². The van der Waals surface area contributed by atoms with Gasteiger partial charge < -0.3 is 19.1 Å². The molecule has 0 spiro atoms. The molecule has 0 saturated carbocycles. The second-order valence-electron chi connectivity index (χ2n) is 7.78. The molecular formula is C24H34Cl2N4O4S. The van der Waals surface area contributed by atoms with E-state index < -0.39 is 0 Å². The number of fused-ring (bicyclic) bond motifs is 1. The molecule has 0 aliphatic rings. The minimum absolute atomic E-state index is 0. The van der Waals surface area contributed by atoms with E-state index in [1.54, 1.807) is 21.3 Å². The molecule has 3 aromatic rings. The Hall–Kier alpha value is -2.14. The molecule has 1 N–H and O–H groups in total. The number of amides is 1. The van der Waals surface area contributed by atoms with Crippen molar-refractivity contribution in [2.45, 2.75) is 6.54 Å². The number of methoxy groups -OCH3 is 3. The Bertz CT molecular complexity index is 1070. The predicted octanol–water partition coefficient (Wildman–Crippen LogP) is 4.56. The number of rotatable bonds is 12. The molecule has 0 aliphatic heterocycles. The predicted molar refractivity (Wildman–Crippen MR) is 148 cm³/mol. The molecule has 0 fully saturated rings. The van der Waals surface area contributed by atoms with Gasteiger partial charge in [-0.05, 0) is 36.9 Å². The highest BCUT2D eigenvalue weighted by atomic mass is 35.5. The highest BCUT2D eigenvalue weighted by Crippen LogP contribution is 2.39. The normalized spacial score (nSPS) is 10.6. The summed E-state index contributed by atoms with van der Waals surface area (Å²) >= 11 is 1.43. The van der Waals surface area contributed by atoms with Gasteiger partial charge in [0.05, 0.1) is 30.7 Å². The Morgan fingerprint density at radius 2 is 1.63 bits per heavy atom. The SMILES string of the molecule is COCCN(C)Cc1ccc(C(=O)Nc2nc3c(OC)ccc(N(C)CCOC)c3s2)cc1.Cl.Cl. The number of hydrogen-bond donors (Lipinski definition) is 1. The van der Waals surface area contributed by atoms with E-state index in [0.717, 1.165) is 41.1 Å². The average Bonchev–Trinajstić information content (AvgIpc) is 3.24. The number of thiazole rings is 1. The molecule has 11 heteroatoms. The highest BCUT2D eigenvalue weighted by molar-refractivity contribution is 7.23. The summed E-state index contributed by atoms with van der Waals surface area (Å²) < 4.78 is 16.8. The lowest BCUT2D eigenvalue weighted by molar-refractivity contribution is 0.102. The summed E-state index contributed by atoms with van der Waals surface area (Å²) in [7, 11) is 9.05. The van der Waals surface area contributed by atoms with Crippen LogP contribution in [0.15, 0.2) is 36.4 Å². The molecule has 8 nitrogen and oxygen atoms in total. The fourth-order valence-corrected chi connectivity index (χ4v) is 4.45. The van der Waals surface area contributed by atoms with Crippen LogP contribution in [0.2, 0.25) is 0 Å². The van der Waals surface area contributed by atoms with Crippen molar-refractivity contribution < 1.29 is 19.0 Å². The number of likely N-dealkylation sites (N-methyl/N-ethyl adjacent to an activating group) is 2. The Labute approximate surface area is 223 Å². The summed E-state index contributed by atoms with van der Waals surface area (Å²) in [4.78, 5) is 21.8. The van der Waals surface area contributed by atoms with Gasteiger partial charge in [-0.15, -0.1) is 24.8 Å². The van der Waals surface area contributed by atoms with Crippen molar-refractivity contribution in [3.05, 3.63) is 47.5 Å². The van der Waals surface area contributed by atoms with Crippen LogP contribution in [-0.2, 0) is 16.0 Å². The minimum atomic E-state index is -0.193. The second-order valence-corrected chi connectivity index (χ2v) is 8.78. The first-order valence-corrected chi connectivity index (χ1v) is 11.5. The van der Waals surface area contributed by atoms with Crippen LogP contribution in [0.4, 0.5) is 10.8 Å². The molecular weight excluding hydrogens is 511 g/mol. The largest absolute Gasteiger partial charge is 0.494 e. The summed E-state index contributed by atoms with van der Waals surface area (Å²) in [5.41, 5.74) is 3.47. The zero-order valence-electron chi connectivity index (χ0n) is 20.7. The maximum atomic E-state index is 12.9. The Kier molecular flexibility index (Phi) is 13.3. The van der Waals surface area contributed by atoms with Crippen LogP contribution in [0.1, 0.15) is 15.9 Å². The third kappa shape index (κ3) is 8.20. The summed E-state index contributed by atoms with van der Waals surface area (Å²) in [5.74, 6) is 0.481. The van der Waals surface area contributed by atoms with E-state index in [4.69, 9.17) is 14.2 Å². The zero-order valence-corrected chi connectivity index (χ0v) is 23.1. The van der Waals surface area contributed by atoms with E-state index in [0.29, 0.717) is 29.7 Å². The van der Waals surface area contributed by atoms with Crippen molar-refractivity contribution in [2.75, 3.05) is 71.9 Å². The molecule has 0 unspecified atom stereocenters. The van der Waals surface area contributed by atoms with Crippen molar-refractivity contribution in [2.24, 2.45) is 0 Å². The second kappa shape index (κ2) is 15.1. The van der Waals surface area contributed by atoms with Crippen molar-refractivity contribution in [3.8, 4) is 5.75 Å². The average molecular weight is 546 g/mol. The molecule has 1 aromatic heterocycles. The molecule has 2 aromatic carbocycles. The van der Waals surface area contributed by atoms with Crippen LogP contribution in [0.25, 0.3) is 10.2 Å². The minimum Gasteiger partial charge on any atom is -0.494 e. The number of ether oxygens (including phenoxy) is 3. The Morgan fingerprint density at radius 1 is 0.971 bits per heavy atom. The zero-order chi connectivity index (χ0) is 23.8. The van der Waals surface area contributed by atoms with Gasteiger partial charge in [0, 0.05) is 46.5 Å². The van der Waals surface area contributed by atoms with E-state index >= 15 is 0 Å².